The average Bonchev–Trinajstić information content (AvgIpc) is 2.83. The molecule has 0 bridgehead atoms. The first-order valence-corrected chi connectivity index (χ1v) is 5.84. The van der Waals surface area contributed by atoms with Crippen LogP contribution in [0.5, 0.6) is 0 Å². The summed E-state index contributed by atoms with van der Waals surface area (Å²) in [5.41, 5.74) is 8.57. The van der Waals surface area contributed by atoms with Crippen molar-refractivity contribution >= 4 is 32.7 Å². The summed E-state index contributed by atoms with van der Waals surface area (Å²) in [6, 6.07) is 5.53. The third-order valence-corrected chi connectivity index (χ3v) is 2.92. The van der Waals surface area contributed by atoms with E-state index in [9.17, 15) is 0 Å². The first kappa shape index (κ1) is 10.4. The summed E-state index contributed by atoms with van der Waals surface area (Å²) in [6.45, 7) is 1.87. The van der Waals surface area contributed by atoms with E-state index in [4.69, 9.17) is 14.6 Å². The zero-order valence-corrected chi connectivity index (χ0v) is 10.6. The molecule has 1 aromatic carbocycles. The molecule has 0 aliphatic carbocycles. The number of fused-ring (bicyclic) bond motifs is 1. The van der Waals surface area contributed by atoms with Gasteiger partial charge in [-0.1, -0.05) is 15.9 Å². The number of hydrogen-bond acceptors (Lipinski definition) is 4. The number of oxazole rings is 1. The summed E-state index contributed by atoms with van der Waals surface area (Å²) in [7, 11) is 0. The number of nitrogens with two attached hydrogens (primary N) is 1. The van der Waals surface area contributed by atoms with Crippen LogP contribution in [0.25, 0.3) is 22.6 Å². The van der Waals surface area contributed by atoms with Crippen LogP contribution < -0.4 is 5.73 Å². The van der Waals surface area contributed by atoms with Gasteiger partial charge in [0.15, 0.2) is 5.58 Å². The summed E-state index contributed by atoms with van der Waals surface area (Å²) in [5.74, 6) is 1.33. The monoisotopic (exact) mass is 292 g/mol. The molecule has 0 unspecified atom stereocenters. The van der Waals surface area contributed by atoms with E-state index < -0.39 is 0 Å². The summed E-state index contributed by atoms with van der Waals surface area (Å²) in [6.07, 6.45) is 1.62. The molecule has 0 aliphatic heterocycles. The zero-order valence-electron chi connectivity index (χ0n) is 9.03. The Bertz CT molecular complexity index is 700. The second kappa shape index (κ2) is 3.63. The number of hydrogen-bond donors (Lipinski definition) is 1. The average molecular weight is 293 g/mol. The molecular formula is C12H9BrN2O2. The minimum absolute atomic E-state index is 0.515. The van der Waals surface area contributed by atoms with Gasteiger partial charge in [-0.15, -0.1) is 0 Å². The van der Waals surface area contributed by atoms with Crippen molar-refractivity contribution in [2.24, 2.45) is 0 Å². The molecule has 0 amide bonds. The van der Waals surface area contributed by atoms with E-state index >= 15 is 0 Å². The Balaban J connectivity index is 2.23. The number of furan rings is 1. The highest BCUT2D eigenvalue weighted by atomic mass is 79.9. The van der Waals surface area contributed by atoms with Crippen molar-refractivity contribution in [3.8, 4) is 11.5 Å². The van der Waals surface area contributed by atoms with Crippen molar-refractivity contribution in [1.82, 2.24) is 4.98 Å². The highest BCUT2D eigenvalue weighted by molar-refractivity contribution is 9.10. The molecular weight excluding hydrogens is 284 g/mol. The number of anilines is 1. The number of nitrogens with zero attached hydrogens (tertiary/aromatic N) is 1. The Morgan fingerprint density at radius 1 is 1.29 bits per heavy atom. The zero-order chi connectivity index (χ0) is 12.0. The minimum Gasteiger partial charge on any atom is -0.469 e. The lowest BCUT2D eigenvalue weighted by Crippen LogP contribution is -1.84. The molecule has 4 nitrogen and oxygen atoms in total. The maximum absolute atomic E-state index is 5.87. The molecule has 3 aromatic rings. The highest BCUT2D eigenvalue weighted by Crippen LogP contribution is 2.31. The SMILES string of the molecule is Cc1cc(-c2nc3cc(Br)cc(N)c3o2)co1. The predicted octanol–water partition coefficient (Wildman–Crippen LogP) is 3.74. The first-order valence-electron chi connectivity index (χ1n) is 5.04. The number of aryl methyl sites for hydroxylation is 1. The van der Waals surface area contributed by atoms with E-state index in [0.717, 1.165) is 21.3 Å². The van der Waals surface area contributed by atoms with Crippen LogP contribution in [0, 0.1) is 6.92 Å². The molecule has 0 atom stereocenters. The molecule has 0 saturated heterocycles. The Morgan fingerprint density at radius 3 is 2.82 bits per heavy atom. The molecule has 2 heterocycles. The van der Waals surface area contributed by atoms with Crippen LogP contribution in [0.3, 0.4) is 0 Å². The van der Waals surface area contributed by atoms with Crippen LogP contribution in [-0.2, 0) is 0 Å². The fourth-order valence-electron chi connectivity index (χ4n) is 1.70. The van der Waals surface area contributed by atoms with Crippen molar-refractivity contribution in [1.29, 1.82) is 0 Å². The lowest BCUT2D eigenvalue weighted by Gasteiger charge is -1.93. The lowest BCUT2D eigenvalue weighted by atomic mass is 10.3. The lowest BCUT2D eigenvalue weighted by molar-refractivity contribution is 0.533. The highest BCUT2D eigenvalue weighted by Gasteiger charge is 2.12. The molecule has 0 aliphatic rings. The van der Waals surface area contributed by atoms with Crippen molar-refractivity contribution in [2.75, 3.05) is 5.73 Å². The van der Waals surface area contributed by atoms with E-state index in [2.05, 4.69) is 20.9 Å². The fraction of sp³-hybridized carbons (Fsp3) is 0.0833. The van der Waals surface area contributed by atoms with E-state index in [1.165, 1.54) is 0 Å². The second-order valence-corrected chi connectivity index (χ2v) is 4.72. The van der Waals surface area contributed by atoms with Gasteiger partial charge in [0, 0.05) is 4.47 Å². The van der Waals surface area contributed by atoms with Crippen molar-refractivity contribution in [3.05, 3.63) is 34.7 Å². The molecule has 5 heteroatoms. The van der Waals surface area contributed by atoms with Crippen LogP contribution in [0.2, 0.25) is 0 Å². The van der Waals surface area contributed by atoms with Crippen LogP contribution in [0.1, 0.15) is 5.76 Å². The molecule has 2 N–H and O–H groups in total. The third kappa shape index (κ3) is 1.72. The Labute approximate surface area is 106 Å². The maximum atomic E-state index is 5.87. The molecule has 0 radical (unpaired) electrons. The maximum Gasteiger partial charge on any atom is 0.230 e. The summed E-state index contributed by atoms with van der Waals surface area (Å²) >= 11 is 3.37. The number of nitrogen functional groups attached to an aromatic ring is 1. The molecule has 2 aromatic heterocycles. The van der Waals surface area contributed by atoms with E-state index in [1.807, 2.05) is 19.1 Å². The van der Waals surface area contributed by atoms with Gasteiger partial charge < -0.3 is 14.6 Å². The van der Waals surface area contributed by atoms with Crippen molar-refractivity contribution in [2.45, 2.75) is 6.92 Å². The third-order valence-electron chi connectivity index (χ3n) is 2.46. The van der Waals surface area contributed by atoms with Gasteiger partial charge in [-0.2, -0.15) is 0 Å². The second-order valence-electron chi connectivity index (χ2n) is 3.81. The van der Waals surface area contributed by atoms with Gasteiger partial charge in [0.1, 0.15) is 17.5 Å². The number of aromatic nitrogens is 1. The fourth-order valence-corrected chi connectivity index (χ4v) is 2.17. The molecule has 0 saturated carbocycles. The van der Waals surface area contributed by atoms with Gasteiger partial charge in [0.05, 0.1) is 11.3 Å². The summed E-state index contributed by atoms with van der Waals surface area (Å²) in [5, 5.41) is 0. The largest absolute Gasteiger partial charge is 0.469 e. The first-order chi connectivity index (χ1) is 8.13. The predicted molar refractivity (Wildman–Crippen MR) is 68.6 cm³/mol. The number of rotatable bonds is 1. The number of halogens is 1. The van der Waals surface area contributed by atoms with Crippen LogP contribution in [0.15, 0.2) is 37.8 Å². The normalized spacial score (nSPS) is 11.2. The van der Waals surface area contributed by atoms with E-state index in [0.29, 0.717) is 17.2 Å². The van der Waals surface area contributed by atoms with Gasteiger partial charge in [0.2, 0.25) is 5.89 Å². The van der Waals surface area contributed by atoms with Crippen LogP contribution in [-0.4, -0.2) is 4.98 Å². The summed E-state index contributed by atoms with van der Waals surface area (Å²) in [4.78, 5) is 4.38. The Kier molecular flexibility index (Phi) is 2.22. The smallest absolute Gasteiger partial charge is 0.230 e. The Morgan fingerprint density at radius 2 is 2.12 bits per heavy atom. The number of benzene rings is 1. The molecule has 17 heavy (non-hydrogen) atoms. The van der Waals surface area contributed by atoms with Gasteiger partial charge >= 0.3 is 0 Å². The van der Waals surface area contributed by atoms with Gasteiger partial charge in [-0.3, -0.25) is 0 Å². The van der Waals surface area contributed by atoms with Gasteiger partial charge in [-0.25, -0.2) is 4.98 Å². The quantitative estimate of drug-likeness (QED) is 0.694. The summed E-state index contributed by atoms with van der Waals surface area (Å²) < 4.78 is 11.7. The van der Waals surface area contributed by atoms with Crippen LogP contribution >= 0.6 is 15.9 Å². The van der Waals surface area contributed by atoms with E-state index in [-0.39, 0.29) is 0 Å². The molecule has 0 fully saturated rings. The van der Waals surface area contributed by atoms with Crippen LogP contribution in [0.4, 0.5) is 5.69 Å². The van der Waals surface area contributed by atoms with Crippen molar-refractivity contribution in [3.63, 3.8) is 0 Å². The Hall–Kier alpha value is -1.75. The van der Waals surface area contributed by atoms with E-state index in [1.54, 1.807) is 12.3 Å². The van der Waals surface area contributed by atoms with Gasteiger partial charge in [0.25, 0.3) is 0 Å². The van der Waals surface area contributed by atoms with Crippen molar-refractivity contribution < 1.29 is 8.83 Å². The minimum atomic E-state index is 0.515. The molecule has 86 valence electrons. The molecule has 3 rings (SSSR count). The van der Waals surface area contributed by atoms with Gasteiger partial charge in [-0.05, 0) is 25.1 Å². The molecule has 0 spiro atoms. The standard InChI is InChI=1S/C12H9BrN2O2/c1-6-2-7(5-16-6)12-15-10-4-8(13)3-9(14)11(10)17-12/h2-5H,14H2,1H3. The topological polar surface area (TPSA) is 65.2 Å².